The van der Waals surface area contributed by atoms with E-state index in [0.717, 1.165) is 5.56 Å². The van der Waals surface area contributed by atoms with Gasteiger partial charge in [-0.05, 0) is 18.4 Å². The number of carboxylic acid groups (broad SMARTS) is 1. The third kappa shape index (κ3) is 4.92. The lowest BCUT2D eigenvalue weighted by Gasteiger charge is -2.14. The first kappa shape index (κ1) is 15.5. The maximum atomic E-state index is 12.2. The largest absolute Gasteiger partial charge is 0.480 e. The molecule has 0 aliphatic carbocycles. The number of carbonyl (C=O) groups is 1. The van der Waals surface area contributed by atoms with Crippen LogP contribution in [0.15, 0.2) is 30.3 Å². The molecule has 0 heterocycles. The lowest BCUT2D eigenvalue weighted by Crippen LogP contribution is -2.43. The third-order valence-corrected chi connectivity index (χ3v) is 3.49. The molecule has 0 bridgehead atoms. The van der Waals surface area contributed by atoms with E-state index >= 15 is 0 Å². The number of aliphatic carboxylic acids is 1. The quantitative estimate of drug-likeness (QED) is 0.791. The van der Waals surface area contributed by atoms with Crippen LogP contribution in [-0.4, -0.2) is 31.3 Å². The van der Waals surface area contributed by atoms with Crippen LogP contribution in [-0.2, 0) is 21.2 Å². The fraction of sp³-hybridized carbons (Fsp3) is 0.364. The van der Waals surface area contributed by atoms with Crippen LogP contribution in [0.4, 0.5) is 8.78 Å². The first-order valence-electron chi connectivity index (χ1n) is 5.39. The maximum Gasteiger partial charge on any atom is 0.350 e. The highest BCUT2D eigenvalue weighted by molar-refractivity contribution is 7.89. The summed E-state index contributed by atoms with van der Waals surface area (Å²) in [5.41, 5.74) is 0.796. The first-order valence-corrected chi connectivity index (χ1v) is 6.93. The van der Waals surface area contributed by atoms with Gasteiger partial charge in [-0.2, -0.15) is 13.5 Å². The van der Waals surface area contributed by atoms with Gasteiger partial charge in [-0.25, -0.2) is 8.42 Å². The van der Waals surface area contributed by atoms with Crippen molar-refractivity contribution in [3.8, 4) is 0 Å². The summed E-state index contributed by atoms with van der Waals surface area (Å²) in [6.45, 7) is 0. The molecule has 0 saturated carbocycles. The van der Waals surface area contributed by atoms with E-state index in [1.54, 1.807) is 30.3 Å². The van der Waals surface area contributed by atoms with E-state index in [1.165, 1.54) is 4.72 Å². The predicted octanol–water partition coefficient (Wildman–Crippen LogP) is 1.21. The van der Waals surface area contributed by atoms with Crippen molar-refractivity contribution in [2.75, 3.05) is 0 Å². The molecule has 0 saturated heterocycles. The average molecular weight is 293 g/mol. The smallest absolute Gasteiger partial charge is 0.350 e. The van der Waals surface area contributed by atoms with Gasteiger partial charge in [0.15, 0.2) is 0 Å². The number of hydrogen-bond donors (Lipinski definition) is 2. The minimum Gasteiger partial charge on any atom is -0.480 e. The maximum absolute atomic E-state index is 12.2. The Bertz CT molecular complexity index is 519. The molecular formula is C11H13F2NO4S. The van der Waals surface area contributed by atoms with E-state index in [1.807, 2.05) is 0 Å². The number of sulfonamides is 1. The van der Waals surface area contributed by atoms with Crippen LogP contribution in [0, 0.1) is 0 Å². The molecule has 0 spiro atoms. The summed E-state index contributed by atoms with van der Waals surface area (Å²) in [7, 11) is -4.91. The number of carboxylic acids is 1. The zero-order valence-corrected chi connectivity index (χ0v) is 10.6. The number of aryl methyl sites for hydroxylation is 1. The van der Waals surface area contributed by atoms with Gasteiger partial charge in [0.2, 0.25) is 0 Å². The SMILES string of the molecule is O=C(O)[C@H](CCc1ccccc1)NS(=O)(=O)C(F)F. The zero-order chi connectivity index (χ0) is 14.5. The van der Waals surface area contributed by atoms with Crippen LogP contribution in [0.5, 0.6) is 0 Å². The molecule has 0 aromatic heterocycles. The highest BCUT2D eigenvalue weighted by atomic mass is 32.2. The molecule has 0 fully saturated rings. The van der Waals surface area contributed by atoms with Gasteiger partial charge in [0, 0.05) is 0 Å². The molecule has 5 nitrogen and oxygen atoms in total. The molecule has 1 aromatic rings. The number of halogens is 2. The minimum absolute atomic E-state index is 0.106. The van der Waals surface area contributed by atoms with Crippen LogP contribution in [0.25, 0.3) is 0 Å². The van der Waals surface area contributed by atoms with Crippen molar-refractivity contribution in [3.05, 3.63) is 35.9 Å². The van der Waals surface area contributed by atoms with Crippen molar-refractivity contribution in [2.45, 2.75) is 24.6 Å². The summed E-state index contributed by atoms with van der Waals surface area (Å²) in [5.74, 6) is -5.13. The molecule has 1 rings (SSSR count). The Balaban J connectivity index is 2.67. The Morgan fingerprint density at radius 3 is 2.32 bits per heavy atom. The molecule has 0 amide bonds. The molecule has 0 radical (unpaired) electrons. The standard InChI is InChI=1S/C11H13F2NO4S/c12-11(13)19(17,18)14-9(10(15)16)7-6-8-4-2-1-3-5-8/h1-5,9,11,14H,6-7H2,(H,15,16)/t9-/m0/s1. The minimum atomic E-state index is -4.91. The van der Waals surface area contributed by atoms with E-state index in [4.69, 9.17) is 5.11 Å². The number of hydrogen-bond acceptors (Lipinski definition) is 3. The number of benzene rings is 1. The summed E-state index contributed by atoms with van der Waals surface area (Å²) in [5, 5.41) is 8.82. The Morgan fingerprint density at radius 2 is 1.84 bits per heavy atom. The van der Waals surface area contributed by atoms with Crippen molar-refractivity contribution >= 4 is 16.0 Å². The molecular weight excluding hydrogens is 280 g/mol. The molecule has 1 atom stereocenters. The van der Waals surface area contributed by atoms with Gasteiger partial charge in [0.25, 0.3) is 10.0 Å². The molecule has 0 aliphatic rings. The number of rotatable bonds is 7. The van der Waals surface area contributed by atoms with Gasteiger partial charge >= 0.3 is 11.7 Å². The van der Waals surface area contributed by atoms with Crippen molar-refractivity contribution < 1.29 is 27.1 Å². The van der Waals surface area contributed by atoms with E-state index in [0.29, 0.717) is 0 Å². The summed E-state index contributed by atoms with van der Waals surface area (Å²) in [4.78, 5) is 10.8. The summed E-state index contributed by atoms with van der Waals surface area (Å²) in [6, 6.07) is 7.17. The van der Waals surface area contributed by atoms with Crippen molar-refractivity contribution in [2.24, 2.45) is 0 Å². The first-order chi connectivity index (χ1) is 8.83. The van der Waals surface area contributed by atoms with Crippen LogP contribution in [0.1, 0.15) is 12.0 Å². The van der Waals surface area contributed by atoms with Crippen LogP contribution >= 0.6 is 0 Å². The molecule has 1 aromatic carbocycles. The van der Waals surface area contributed by atoms with Gasteiger partial charge in [-0.3, -0.25) is 4.79 Å². The Hall–Kier alpha value is -1.54. The second kappa shape index (κ2) is 6.58. The van der Waals surface area contributed by atoms with Crippen molar-refractivity contribution in [1.29, 1.82) is 0 Å². The van der Waals surface area contributed by atoms with Crippen LogP contribution in [0.3, 0.4) is 0 Å². The second-order valence-electron chi connectivity index (χ2n) is 3.84. The van der Waals surface area contributed by atoms with Crippen LogP contribution < -0.4 is 4.72 Å². The molecule has 8 heteroatoms. The Labute approximate surface area is 109 Å². The predicted molar refractivity (Wildman–Crippen MR) is 64.2 cm³/mol. The summed E-state index contributed by atoms with van der Waals surface area (Å²) in [6.07, 6.45) is 0.162. The molecule has 0 unspecified atom stereocenters. The van der Waals surface area contributed by atoms with Gasteiger partial charge in [-0.1, -0.05) is 30.3 Å². The molecule has 19 heavy (non-hydrogen) atoms. The molecule has 2 N–H and O–H groups in total. The van der Waals surface area contributed by atoms with Gasteiger partial charge < -0.3 is 5.11 Å². The van der Waals surface area contributed by atoms with Gasteiger partial charge in [0.1, 0.15) is 6.04 Å². The van der Waals surface area contributed by atoms with Crippen LogP contribution in [0.2, 0.25) is 0 Å². The Kier molecular flexibility index (Phi) is 5.37. The third-order valence-electron chi connectivity index (χ3n) is 2.40. The summed E-state index contributed by atoms with van der Waals surface area (Å²) >= 11 is 0. The fourth-order valence-electron chi connectivity index (χ4n) is 1.44. The van der Waals surface area contributed by atoms with Gasteiger partial charge in [0.05, 0.1) is 0 Å². The number of alkyl halides is 2. The topological polar surface area (TPSA) is 83.5 Å². The van der Waals surface area contributed by atoms with E-state index in [-0.39, 0.29) is 12.8 Å². The highest BCUT2D eigenvalue weighted by Crippen LogP contribution is 2.09. The Morgan fingerprint density at radius 1 is 1.26 bits per heavy atom. The van der Waals surface area contributed by atoms with E-state index in [2.05, 4.69) is 0 Å². The monoisotopic (exact) mass is 293 g/mol. The average Bonchev–Trinajstić information content (AvgIpc) is 2.35. The van der Waals surface area contributed by atoms with Crippen molar-refractivity contribution in [1.82, 2.24) is 4.72 Å². The van der Waals surface area contributed by atoms with Crippen molar-refractivity contribution in [3.63, 3.8) is 0 Å². The highest BCUT2D eigenvalue weighted by Gasteiger charge is 2.30. The lowest BCUT2D eigenvalue weighted by molar-refractivity contribution is -0.139. The number of nitrogens with one attached hydrogen (secondary N) is 1. The normalized spacial score (nSPS) is 13.4. The van der Waals surface area contributed by atoms with E-state index < -0.39 is 27.8 Å². The summed E-state index contributed by atoms with van der Waals surface area (Å²) < 4.78 is 47.7. The fourth-order valence-corrected chi connectivity index (χ4v) is 2.16. The van der Waals surface area contributed by atoms with E-state index in [9.17, 15) is 22.0 Å². The van der Waals surface area contributed by atoms with Gasteiger partial charge in [-0.15, -0.1) is 0 Å². The molecule has 106 valence electrons. The molecule has 0 aliphatic heterocycles. The zero-order valence-electron chi connectivity index (χ0n) is 9.79. The second-order valence-corrected chi connectivity index (χ2v) is 5.52. The lowest BCUT2D eigenvalue weighted by atomic mass is 10.1.